The van der Waals surface area contributed by atoms with Crippen molar-refractivity contribution in [3.8, 4) is 5.75 Å². The number of hydrogen-bond donors (Lipinski definition) is 1. The zero-order valence-electron chi connectivity index (χ0n) is 12.6. The number of ether oxygens (including phenoxy) is 1. The lowest BCUT2D eigenvalue weighted by molar-refractivity contribution is 0.301. The van der Waals surface area contributed by atoms with Gasteiger partial charge in [-0.25, -0.2) is 4.39 Å². The lowest BCUT2D eigenvalue weighted by atomic mass is 10.2. The molecule has 4 nitrogen and oxygen atoms in total. The highest BCUT2D eigenvalue weighted by Crippen LogP contribution is 2.31. The van der Waals surface area contributed by atoms with Crippen molar-refractivity contribution in [3.05, 3.63) is 41.6 Å². The Hall–Kier alpha value is -2.17. The van der Waals surface area contributed by atoms with Crippen LogP contribution in [0.15, 0.2) is 28.7 Å². The molecule has 0 aliphatic rings. The average Bonchev–Trinajstić information content (AvgIpc) is 2.83. The summed E-state index contributed by atoms with van der Waals surface area (Å²) in [4.78, 5) is 1.91. The van der Waals surface area contributed by atoms with Crippen molar-refractivity contribution in [2.24, 2.45) is 0 Å². The summed E-state index contributed by atoms with van der Waals surface area (Å²) in [5.41, 5.74) is 7.01. The minimum absolute atomic E-state index is 0.225. The Kier molecular flexibility index (Phi) is 4.73. The maximum absolute atomic E-state index is 13.8. The van der Waals surface area contributed by atoms with Gasteiger partial charge in [-0.15, -0.1) is 0 Å². The largest absolute Gasteiger partial charge is 0.490 e. The minimum Gasteiger partial charge on any atom is -0.490 e. The summed E-state index contributed by atoms with van der Waals surface area (Å²) in [5.74, 6) is 1.47. The number of furan rings is 1. The zero-order chi connectivity index (χ0) is 15.4. The highest BCUT2D eigenvalue weighted by Gasteiger charge is 2.13. The number of aryl methyl sites for hydroxylation is 1. The van der Waals surface area contributed by atoms with Crippen LogP contribution in [0.25, 0.3) is 0 Å². The first-order valence-corrected chi connectivity index (χ1v) is 6.99. The van der Waals surface area contributed by atoms with Gasteiger partial charge in [-0.2, -0.15) is 0 Å². The Balaban J connectivity index is 2.20. The lowest BCUT2D eigenvalue weighted by Crippen LogP contribution is -2.18. The highest BCUT2D eigenvalue weighted by molar-refractivity contribution is 5.69. The van der Waals surface area contributed by atoms with E-state index in [0.717, 1.165) is 23.6 Å². The zero-order valence-corrected chi connectivity index (χ0v) is 12.6. The van der Waals surface area contributed by atoms with Crippen molar-refractivity contribution in [2.75, 3.05) is 24.3 Å². The number of nitrogens with two attached hydrogens (primary N) is 1. The Morgan fingerprint density at radius 1 is 1.33 bits per heavy atom. The predicted molar refractivity (Wildman–Crippen MR) is 82.2 cm³/mol. The number of nitrogen functional groups attached to an aromatic ring is 1. The van der Waals surface area contributed by atoms with Crippen LogP contribution in [0.1, 0.15) is 24.9 Å². The molecule has 0 fully saturated rings. The number of anilines is 2. The fourth-order valence-electron chi connectivity index (χ4n) is 2.10. The van der Waals surface area contributed by atoms with E-state index in [9.17, 15) is 4.39 Å². The SMILES string of the molecule is CCCOc1cc(N(C)Cc2ccc(C)o2)c(N)cc1F. The molecule has 0 bridgehead atoms. The van der Waals surface area contributed by atoms with E-state index in [-0.39, 0.29) is 5.75 Å². The van der Waals surface area contributed by atoms with Gasteiger partial charge >= 0.3 is 0 Å². The van der Waals surface area contributed by atoms with Crippen molar-refractivity contribution in [1.82, 2.24) is 0 Å². The third-order valence-electron chi connectivity index (χ3n) is 3.14. The van der Waals surface area contributed by atoms with E-state index in [1.165, 1.54) is 6.07 Å². The van der Waals surface area contributed by atoms with Gasteiger partial charge in [-0.05, 0) is 25.5 Å². The van der Waals surface area contributed by atoms with Crippen LogP contribution in [0, 0.1) is 12.7 Å². The Morgan fingerprint density at radius 3 is 2.71 bits per heavy atom. The van der Waals surface area contributed by atoms with Crippen LogP contribution in [-0.2, 0) is 6.54 Å². The van der Waals surface area contributed by atoms with E-state index >= 15 is 0 Å². The number of rotatable bonds is 6. The maximum Gasteiger partial charge on any atom is 0.167 e. The first-order valence-electron chi connectivity index (χ1n) is 6.99. The molecule has 21 heavy (non-hydrogen) atoms. The van der Waals surface area contributed by atoms with Gasteiger partial charge in [0, 0.05) is 19.2 Å². The van der Waals surface area contributed by atoms with Crippen LogP contribution in [0.4, 0.5) is 15.8 Å². The van der Waals surface area contributed by atoms with E-state index < -0.39 is 5.82 Å². The van der Waals surface area contributed by atoms with E-state index in [4.69, 9.17) is 14.9 Å². The van der Waals surface area contributed by atoms with Gasteiger partial charge in [0.25, 0.3) is 0 Å². The highest BCUT2D eigenvalue weighted by atomic mass is 19.1. The summed E-state index contributed by atoms with van der Waals surface area (Å²) < 4.78 is 24.8. The van der Waals surface area contributed by atoms with Crippen LogP contribution in [0.5, 0.6) is 5.75 Å². The molecule has 5 heteroatoms. The van der Waals surface area contributed by atoms with Gasteiger partial charge in [0.1, 0.15) is 11.5 Å². The summed E-state index contributed by atoms with van der Waals surface area (Å²) in [7, 11) is 1.88. The minimum atomic E-state index is -0.438. The topological polar surface area (TPSA) is 51.6 Å². The Labute approximate surface area is 124 Å². The number of benzene rings is 1. The van der Waals surface area contributed by atoms with Crippen LogP contribution in [0.3, 0.4) is 0 Å². The van der Waals surface area contributed by atoms with Gasteiger partial charge in [0.05, 0.1) is 24.5 Å². The molecule has 2 aromatic rings. The molecule has 114 valence electrons. The number of nitrogens with zero attached hydrogens (tertiary/aromatic N) is 1. The molecular weight excluding hydrogens is 271 g/mol. The van der Waals surface area contributed by atoms with Gasteiger partial charge < -0.3 is 19.8 Å². The summed E-state index contributed by atoms with van der Waals surface area (Å²) in [6.45, 7) is 4.90. The molecule has 0 aliphatic carbocycles. The van der Waals surface area contributed by atoms with Crippen molar-refractivity contribution in [2.45, 2.75) is 26.8 Å². The average molecular weight is 292 g/mol. The van der Waals surface area contributed by atoms with Crippen LogP contribution in [-0.4, -0.2) is 13.7 Å². The van der Waals surface area contributed by atoms with Gasteiger partial charge in [-0.1, -0.05) is 6.92 Å². The normalized spacial score (nSPS) is 10.7. The second-order valence-electron chi connectivity index (χ2n) is 5.06. The summed E-state index contributed by atoms with van der Waals surface area (Å²) in [5, 5.41) is 0. The molecular formula is C16H21FN2O2. The van der Waals surface area contributed by atoms with E-state index in [2.05, 4.69) is 0 Å². The monoisotopic (exact) mass is 292 g/mol. The molecule has 1 aromatic carbocycles. The van der Waals surface area contributed by atoms with Crippen molar-refractivity contribution < 1.29 is 13.5 Å². The third-order valence-corrected chi connectivity index (χ3v) is 3.14. The fraction of sp³-hybridized carbons (Fsp3) is 0.375. The summed E-state index contributed by atoms with van der Waals surface area (Å²) in [6, 6.07) is 6.76. The Bertz CT molecular complexity index is 610. The van der Waals surface area contributed by atoms with Crippen molar-refractivity contribution in [1.29, 1.82) is 0 Å². The standard InChI is InChI=1S/C16H21FN2O2/c1-4-7-20-16-9-15(14(18)8-13(16)17)19(3)10-12-6-5-11(2)21-12/h5-6,8-9H,4,7,10,18H2,1-3H3. The predicted octanol–water partition coefficient (Wildman–Crippen LogP) is 3.73. The fourth-order valence-corrected chi connectivity index (χ4v) is 2.10. The maximum atomic E-state index is 13.8. The molecule has 0 saturated carbocycles. The molecule has 0 amide bonds. The smallest absolute Gasteiger partial charge is 0.167 e. The quantitative estimate of drug-likeness (QED) is 0.824. The molecule has 2 N–H and O–H groups in total. The second kappa shape index (κ2) is 6.52. The van der Waals surface area contributed by atoms with Crippen molar-refractivity contribution in [3.63, 3.8) is 0 Å². The molecule has 0 radical (unpaired) electrons. The van der Waals surface area contributed by atoms with Gasteiger partial charge in [-0.3, -0.25) is 0 Å². The van der Waals surface area contributed by atoms with Crippen LogP contribution in [0.2, 0.25) is 0 Å². The van der Waals surface area contributed by atoms with E-state index in [0.29, 0.717) is 18.8 Å². The summed E-state index contributed by atoms with van der Waals surface area (Å²) in [6.07, 6.45) is 0.820. The molecule has 0 saturated heterocycles. The van der Waals surface area contributed by atoms with E-state index in [1.54, 1.807) is 6.07 Å². The number of halogens is 1. The molecule has 0 aliphatic heterocycles. The molecule has 0 unspecified atom stereocenters. The molecule has 2 rings (SSSR count). The summed E-state index contributed by atoms with van der Waals surface area (Å²) >= 11 is 0. The first kappa shape index (κ1) is 15.2. The third kappa shape index (κ3) is 3.68. The van der Waals surface area contributed by atoms with Gasteiger partial charge in [0.15, 0.2) is 11.6 Å². The second-order valence-corrected chi connectivity index (χ2v) is 5.06. The van der Waals surface area contributed by atoms with Crippen LogP contribution >= 0.6 is 0 Å². The molecule has 0 spiro atoms. The van der Waals surface area contributed by atoms with E-state index in [1.807, 2.05) is 37.9 Å². The van der Waals surface area contributed by atoms with Gasteiger partial charge in [0.2, 0.25) is 0 Å². The first-order chi connectivity index (χ1) is 10.0. The molecule has 1 heterocycles. The van der Waals surface area contributed by atoms with Crippen molar-refractivity contribution >= 4 is 11.4 Å². The van der Waals surface area contributed by atoms with Crippen LogP contribution < -0.4 is 15.4 Å². The molecule has 0 atom stereocenters. The Morgan fingerprint density at radius 2 is 2.10 bits per heavy atom. The lowest BCUT2D eigenvalue weighted by Gasteiger charge is -2.21. The molecule has 1 aromatic heterocycles. The number of hydrogen-bond acceptors (Lipinski definition) is 4.